The normalized spacial score (nSPS) is 19.8. The molecule has 10 nitrogen and oxygen atoms in total. The average Bonchev–Trinajstić information content (AvgIpc) is 3.39. The van der Waals surface area contributed by atoms with Crippen molar-refractivity contribution < 1.29 is 23.6 Å². The maximum absolute atomic E-state index is 12.7. The first-order chi connectivity index (χ1) is 14.9. The van der Waals surface area contributed by atoms with Gasteiger partial charge in [-0.1, -0.05) is 5.16 Å². The molecule has 1 N–H and O–H groups in total. The van der Waals surface area contributed by atoms with E-state index in [1.165, 1.54) is 0 Å². The minimum Gasteiger partial charge on any atom is -0.381 e. The molecule has 3 heterocycles. The Morgan fingerprint density at radius 3 is 2.65 bits per heavy atom. The summed E-state index contributed by atoms with van der Waals surface area (Å²) in [4.78, 5) is 31.0. The zero-order chi connectivity index (χ0) is 22.4. The Bertz CT molecular complexity index is 747. The Morgan fingerprint density at radius 1 is 1.23 bits per heavy atom. The topological polar surface area (TPSA) is 100 Å². The number of rotatable bonds is 8. The number of hydrogen-bond donors (Lipinski definition) is 1. The number of likely N-dealkylation sites (tertiary alicyclic amines) is 1. The number of nitrogens with one attached hydrogen (secondary N) is 1. The second-order valence-electron chi connectivity index (χ2n) is 8.40. The number of nitrogens with zero attached hydrogens (tertiary/aromatic N) is 4. The van der Waals surface area contributed by atoms with E-state index < -0.39 is 0 Å². The van der Waals surface area contributed by atoms with Crippen molar-refractivity contribution >= 4 is 11.9 Å². The third-order valence-electron chi connectivity index (χ3n) is 6.09. The van der Waals surface area contributed by atoms with E-state index in [0.29, 0.717) is 37.0 Å². The molecular formula is C21H35N5O5. The lowest BCUT2D eigenvalue weighted by Gasteiger charge is -2.38. The maximum atomic E-state index is 12.7. The molecule has 0 bridgehead atoms. The van der Waals surface area contributed by atoms with Crippen LogP contribution in [0.1, 0.15) is 41.1 Å². The van der Waals surface area contributed by atoms with Crippen molar-refractivity contribution in [3.8, 4) is 0 Å². The number of amides is 3. The number of aromatic nitrogens is 1. The summed E-state index contributed by atoms with van der Waals surface area (Å²) in [6.07, 6.45) is 2.87. The van der Waals surface area contributed by atoms with Crippen LogP contribution in [0.3, 0.4) is 0 Å². The standard InChI is InChI=1S/C21H35N5O5/c1-15-18(14-29-4)19(23-31-15)20(27)22-8-10-26(16-6-11-30-12-7-16)17-5-9-25(13-17)21(28)24(2)3/h16-17H,5-14H2,1-4H3,(H,22,27). The highest BCUT2D eigenvalue weighted by molar-refractivity contribution is 5.93. The molecule has 3 amide bonds. The van der Waals surface area contributed by atoms with Gasteiger partial charge in [0.25, 0.3) is 5.91 Å². The number of aryl methyl sites for hydroxylation is 1. The molecule has 2 aliphatic heterocycles. The molecule has 0 aromatic carbocycles. The third-order valence-corrected chi connectivity index (χ3v) is 6.09. The first-order valence-electron chi connectivity index (χ1n) is 10.9. The summed E-state index contributed by atoms with van der Waals surface area (Å²) < 4.78 is 15.9. The molecule has 1 unspecified atom stereocenters. The summed E-state index contributed by atoms with van der Waals surface area (Å²) in [6, 6.07) is 0.723. The summed E-state index contributed by atoms with van der Waals surface area (Å²) in [7, 11) is 5.14. The number of hydrogen-bond acceptors (Lipinski definition) is 7. The Morgan fingerprint density at radius 2 is 1.97 bits per heavy atom. The van der Waals surface area contributed by atoms with Crippen molar-refractivity contribution in [1.82, 2.24) is 25.2 Å². The fraction of sp³-hybridized carbons (Fsp3) is 0.762. The van der Waals surface area contributed by atoms with Crippen molar-refractivity contribution in [2.45, 2.75) is 44.9 Å². The van der Waals surface area contributed by atoms with E-state index in [9.17, 15) is 9.59 Å². The molecule has 2 fully saturated rings. The van der Waals surface area contributed by atoms with Gasteiger partial charge in [0.1, 0.15) is 5.76 Å². The van der Waals surface area contributed by atoms with Gasteiger partial charge in [0, 0.05) is 72.7 Å². The summed E-state index contributed by atoms with van der Waals surface area (Å²) >= 11 is 0. The fourth-order valence-electron chi connectivity index (χ4n) is 4.42. The third kappa shape index (κ3) is 5.75. The van der Waals surface area contributed by atoms with Crippen LogP contribution in [0, 0.1) is 6.92 Å². The largest absolute Gasteiger partial charge is 0.381 e. The van der Waals surface area contributed by atoms with Crippen LogP contribution >= 0.6 is 0 Å². The lowest BCUT2D eigenvalue weighted by Crippen LogP contribution is -2.50. The summed E-state index contributed by atoms with van der Waals surface area (Å²) in [5.41, 5.74) is 0.954. The summed E-state index contributed by atoms with van der Waals surface area (Å²) in [5.74, 6) is 0.332. The predicted molar refractivity (Wildman–Crippen MR) is 114 cm³/mol. The molecule has 0 aliphatic carbocycles. The van der Waals surface area contributed by atoms with Crippen molar-refractivity contribution in [3.63, 3.8) is 0 Å². The van der Waals surface area contributed by atoms with Gasteiger partial charge >= 0.3 is 6.03 Å². The van der Waals surface area contributed by atoms with Gasteiger partial charge in [0.2, 0.25) is 0 Å². The molecular weight excluding hydrogens is 402 g/mol. The van der Waals surface area contributed by atoms with E-state index in [1.807, 2.05) is 4.90 Å². The molecule has 174 valence electrons. The van der Waals surface area contributed by atoms with E-state index in [0.717, 1.165) is 39.0 Å². The highest BCUT2D eigenvalue weighted by atomic mass is 16.5. The Labute approximate surface area is 183 Å². The number of methoxy groups -OCH3 is 1. The Hall–Kier alpha value is -2.17. The minimum absolute atomic E-state index is 0.0507. The van der Waals surface area contributed by atoms with Crippen LogP contribution < -0.4 is 5.32 Å². The average molecular weight is 438 g/mol. The highest BCUT2D eigenvalue weighted by Gasteiger charge is 2.35. The van der Waals surface area contributed by atoms with E-state index in [2.05, 4.69) is 15.4 Å². The fourth-order valence-corrected chi connectivity index (χ4v) is 4.42. The monoisotopic (exact) mass is 437 g/mol. The quantitative estimate of drug-likeness (QED) is 0.650. The van der Waals surface area contributed by atoms with Crippen LogP contribution in [-0.2, 0) is 16.1 Å². The van der Waals surface area contributed by atoms with Gasteiger partial charge in [-0.05, 0) is 26.2 Å². The molecule has 1 aromatic rings. The van der Waals surface area contributed by atoms with Crippen LogP contribution in [-0.4, -0.2) is 104 Å². The molecule has 1 aromatic heterocycles. The van der Waals surface area contributed by atoms with Gasteiger partial charge in [-0.25, -0.2) is 4.79 Å². The molecule has 3 rings (SSSR count). The SMILES string of the molecule is COCc1c(C(=O)NCCN(C2CCOCC2)C2CCN(C(=O)N(C)C)C2)noc1C. The number of urea groups is 1. The Balaban J connectivity index is 1.60. The van der Waals surface area contributed by atoms with Gasteiger partial charge in [0.15, 0.2) is 5.69 Å². The van der Waals surface area contributed by atoms with Crippen LogP contribution in [0.4, 0.5) is 4.79 Å². The van der Waals surface area contributed by atoms with Gasteiger partial charge in [0.05, 0.1) is 12.2 Å². The summed E-state index contributed by atoms with van der Waals surface area (Å²) in [5, 5.41) is 6.88. The molecule has 2 aliphatic rings. The second kappa shape index (κ2) is 10.9. The van der Waals surface area contributed by atoms with Crippen molar-refractivity contribution in [2.24, 2.45) is 0 Å². The first kappa shape index (κ1) is 23.5. The smallest absolute Gasteiger partial charge is 0.319 e. The number of ether oxygens (including phenoxy) is 2. The molecule has 10 heteroatoms. The van der Waals surface area contributed by atoms with Crippen LogP contribution in [0.25, 0.3) is 0 Å². The maximum Gasteiger partial charge on any atom is 0.319 e. The molecule has 0 saturated carbocycles. The van der Waals surface area contributed by atoms with E-state index >= 15 is 0 Å². The zero-order valence-electron chi connectivity index (χ0n) is 19.1. The van der Waals surface area contributed by atoms with Crippen LogP contribution in [0.5, 0.6) is 0 Å². The zero-order valence-corrected chi connectivity index (χ0v) is 19.1. The lowest BCUT2D eigenvalue weighted by molar-refractivity contribution is 0.0187. The van der Waals surface area contributed by atoms with Gasteiger partial charge in [-0.2, -0.15) is 0 Å². The van der Waals surface area contributed by atoms with Crippen LogP contribution in [0.15, 0.2) is 4.52 Å². The Kier molecular flexibility index (Phi) is 8.28. The van der Waals surface area contributed by atoms with Gasteiger partial charge in [-0.3, -0.25) is 9.69 Å². The highest BCUT2D eigenvalue weighted by Crippen LogP contribution is 2.23. The van der Waals surface area contributed by atoms with E-state index in [1.54, 1.807) is 33.0 Å². The van der Waals surface area contributed by atoms with Crippen molar-refractivity contribution in [2.75, 3.05) is 60.6 Å². The lowest BCUT2D eigenvalue weighted by atomic mass is 10.0. The number of carbonyl (C=O) groups excluding carboxylic acids is 2. The molecule has 0 radical (unpaired) electrons. The van der Waals surface area contributed by atoms with Crippen molar-refractivity contribution in [1.29, 1.82) is 0 Å². The minimum atomic E-state index is -0.258. The molecule has 2 saturated heterocycles. The van der Waals surface area contributed by atoms with E-state index in [-0.39, 0.29) is 30.3 Å². The van der Waals surface area contributed by atoms with E-state index in [4.69, 9.17) is 14.0 Å². The predicted octanol–water partition coefficient (Wildman–Crippen LogP) is 1.10. The van der Waals surface area contributed by atoms with Gasteiger partial charge < -0.3 is 29.1 Å². The molecule has 31 heavy (non-hydrogen) atoms. The molecule has 0 spiro atoms. The van der Waals surface area contributed by atoms with Crippen LogP contribution in [0.2, 0.25) is 0 Å². The number of carbonyl (C=O) groups is 2. The second-order valence-corrected chi connectivity index (χ2v) is 8.40. The van der Waals surface area contributed by atoms with Gasteiger partial charge in [-0.15, -0.1) is 0 Å². The van der Waals surface area contributed by atoms with Crippen molar-refractivity contribution in [3.05, 3.63) is 17.0 Å². The molecule has 1 atom stereocenters. The first-order valence-corrected chi connectivity index (χ1v) is 10.9. The summed E-state index contributed by atoms with van der Waals surface area (Å²) in [6.45, 7) is 6.22.